The number of hydrogen-bond acceptors (Lipinski definition) is 3. The smallest absolute Gasteiger partial charge is 0.376 e. The van der Waals surface area contributed by atoms with Crippen LogP contribution < -0.4 is 0 Å². The van der Waals surface area contributed by atoms with E-state index >= 15 is 0 Å². The predicted molar refractivity (Wildman–Crippen MR) is 42.2 cm³/mol. The number of nitriles is 1. The van der Waals surface area contributed by atoms with Gasteiger partial charge in [-0.3, -0.25) is 0 Å². The fourth-order valence-electron chi connectivity index (χ4n) is 1.58. The first-order valence-corrected chi connectivity index (χ1v) is 4.05. The van der Waals surface area contributed by atoms with Gasteiger partial charge >= 0.3 is 6.92 Å². The van der Waals surface area contributed by atoms with Crippen molar-refractivity contribution in [1.82, 2.24) is 0 Å². The van der Waals surface area contributed by atoms with E-state index in [4.69, 9.17) is 10.4 Å². The Balaban J connectivity index is 2.46. The Morgan fingerprint density at radius 1 is 1.75 bits per heavy atom. The largest absolute Gasteiger partial charge is 0.498 e. The van der Waals surface area contributed by atoms with Crippen LogP contribution in [0.5, 0.6) is 0 Å². The zero-order chi connectivity index (χ0) is 9.03. The molecule has 0 aromatic rings. The van der Waals surface area contributed by atoms with Crippen LogP contribution in [0.4, 0.5) is 4.39 Å². The van der Waals surface area contributed by atoms with Gasteiger partial charge in [0.25, 0.3) is 6.26 Å². The Labute approximate surface area is 71.2 Å². The Morgan fingerprint density at radius 2 is 2.50 bits per heavy atom. The van der Waals surface area contributed by atoms with Gasteiger partial charge in [0.2, 0.25) is 0 Å². The van der Waals surface area contributed by atoms with Gasteiger partial charge in [-0.2, -0.15) is 5.26 Å². The van der Waals surface area contributed by atoms with E-state index in [1.807, 2.05) is 0 Å². The van der Waals surface area contributed by atoms with E-state index in [2.05, 4.69) is 4.65 Å². The average molecular weight is 171 g/mol. The molecule has 1 rings (SSSR count). The summed E-state index contributed by atoms with van der Waals surface area (Å²) in [5.74, 6) is 0. The molecule has 1 heterocycles. The summed E-state index contributed by atoms with van der Waals surface area (Å²) in [6, 6.07) is 0. The summed E-state index contributed by atoms with van der Waals surface area (Å²) in [5, 5.41) is 16.9. The lowest BCUT2D eigenvalue weighted by Crippen LogP contribution is -2.38. The maximum absolute atomic E-state index is 13.4. The third-order valence-corrected chi connectivity index (χ3v) is 2.25. The van der Waals surface area contributed by atoms with Crippen LogP contribution in [0.2, 0.25) is 12.6 Å². The van der Waals surface area contributed by atoms with Crippen molar-refractivity contribution < 1.29 is 14.2 Å². The predicted octanol–water partition coefficient (Wildman–Crippen LogP) is 0.970. The highest BCUT2D eigenvalue weighted by Crippen LogP contribution is 2.32. The molecule has 1 fully saturated rings. The van der Waals surface area contributed by atoms with Crippen LogP contribution in [-0.4, -0.2) is 24.3 Å². The Bertz CT molecular complexity index is 196. The van der Waals surface area contributed by atoms with Crippen molar-refractivity contribution >= 4 is 6.92 Å². The molecule has 1 N–H and O–H groups in total. The summed E-state index contributed by atoms with van der Waals surface area (Å²) in [7, 11) is 0. The third-order valence-electron chi connectivity index (χ3n) is 2.25. The van der Waals surface area contributed by atoms with Crippen LogP contribution in [0.15, 0.2) is 0 Å². The quantitative estimate of drug-likeness (QED) is 0.497. The minimum atomic E-state index is -1.53. The summed E-state index contributed by atoms with van der Waals surface area (Å²) >= 11 is 0. The lowest BCUT2D eigenvalue weighted by molar-refractivity contribution is 0.0709. The molecule has 12 heavy (non-hydrogen) atoms. The molecule has 0 spiro atoms. The fraction of sp³-hybridized carbons (Fsp3) is 0.857. The highest BCUT2D eigenvalue weighted by molar-refractivity contribution is 6.52. The van der Waals surface area contributed by atoms with Crippen LogP contribution in [-0.2, 0) is 4.65 Å². The van der Waals surface area contributed by atoms with Crippen LogP contribution in [0.1, 0.15) is 12.8 Å². The number of aliphatic hydroxyl groups is 1. The van der Waals surface area contributed by atoms with E-state index in [1.165, 1.54) is 0 Å². The van der Waals surface area contributed by atoms with Crippen LogP contribution in [0, 0.1) is 11.5 Å². The summed E-state index contributed by atoms with van der Waals surface area (Å²) < 4.78 is 18.1. The molecule has 1 aliphatic rings. The summed E-state index contributed by atoms with van der Waals surface area (Å²) in [6.45, 7) is -0.820. The van der Waals surface area contributed by atoms with Crippen molar-refractivity contribution in [1.29, 1.82) is 5.26 Å². The molecule has 0 unspecified atom stereocenters. The molecular formula is C7H11BFNO2. The number of halogens is 1. The van der Waals surface area contributed by atoms with Crippen molar-refractivity contribution in [2.24, 2.45) is 0 Å². The summed E-state index contributed by atoms with van der Waals surface area (Å²) in [5.41, 5.74) is -1.53. The zero-order valence-corrected chi connectivity index (χ0v) is 6.79. The summed E-state index contributed by atoms with van der Waals surface area (Å²) in [6.07, 6.45) is 3.43. The molecule has 0 aromatic carbocycles. The second-order valence-electron chi connectivity index (χ2n) is 3.24. The van der Waals surface area contributed by atoms with Crippen molar-refractivity contribution in [3.63, 3.8) is 0 Å². The second kappa shape index (κ2) is 3.77. The Kier molecular flexibility index (Phi) is 2.93. The first-order chi connectivity index (χ1) is 5.70. The number of alkyl halides is 1. The standard InChI is InChI=1S/C7H11BFNO2/c9-7(5-11)2-1-3-8(4-7)12-6-10/h11H,1-5H2/t7-/m0/s1. The number of aliphatic hydroxyl groups excluding tert-OH is 1. The minimum absolute atomic E-state index is 0.136. The molecule has 1 saturated heterocycles. The molecule has 0 saturated carbocycles. The Morgan fingerprint density at radius 3 is 3.08 bits per heavy atom. The van der Waals surface area contributed by atoms with Crippen LogP contribution in [0.3, 0.4) is 0 Å². The van der Waals surface area contributed by atoms with E-state index in [1.54, 1.807) is 6.26 Å². The van der Waals surface area contributed by atoms with E-state index < -0.39 is 12.3 Å². The number of rotatable bonds is 2. The minimum Gasteiger partial charge on any atom is -0.498 e. The van der Waals surface area contributed by atoms with Crippen LogP contribution >= 0.6 is 0 Å². The highest BCUT2D eigenvalue weighted by atomic mass is 19.1. The van der Waals surface area contributed by atoms with E-state index in [0.29, 0.717) is 19.2 Å². The maximum Gasteiger partial charge on any atom is 0.376 e. The van der Waals surface area contributed by atoms with Gasteiger partial charge in [0.05, 0.1) is 6.61 Å². The first-order valence-electron chi connectivity index (χ1n) is 4.05. The van der Waals surface area contributed by atoms with E-state index in [0.717, 1.165) is 0 Å². The molecule has 0 radical (unpaired) electrons. The number of nitrogens with zero attached hydrogens (tertiary/aromatic N) is 1. The molecule has 66 valence electrons. The molecule has 1 atom stereocenters. The lowest BCUT2D eigenvalue weighted by Gasteiger charge is -2.29. The topological polar surface area (TPSA) is 53.2 Å². The van der Waals surface area contributed by atoms with Gasteiger partial charge in [-0.25, -0.2) is 4.39 Å². The Hall–Kier alpha value is -0.755. The van der Waals surface area contributed by atoms with E-state index in [-0.39, 0.29) is 13.2 Å². The normalized spacial score (nSPS) is 29.6. The molecular weight excluding hydrogens is 160 g/mol. The average Bonchev–Trinajstić information content (AvgIpc) is 2.05. The third kappa shape index (κ3) is 2.11. The second-order valence-corrected chi connectivity index (χ2v) is 3.24. The van der Waals surface area contributed by atoms with Crippen molar-refractivity contribution in [2.45, 2.75) is 31.2 Å². The first kappa shape index (κ1) is 9.33. The SMILES string of the molecule is N#COB1CCC[C@@](F)(CO)C1. The van der Waals surface area contributed by atoms with Gasteiger partial charge in [-0.1, -0.05) is 6.42 Å². The van der Waals surface area contributed by atoms with Crippen LogP contribution in [0.25, 0.3) is 0 Å². The maximum atomic E-state index is 13.4. The van der Waals surface area contributed by atoms with Crippen molar-refractivity contribution in [3.8, 4) is 6.26 Å². The molecule has 3 nitrogen and oxygen atoms in total. The van der Waals surface area contributed by atoms with Crippen molar-refractivity contribution in [3.05, 3.63) is 0 Å². The lowest BCUT2D eigenvalue weighted by atomic mass is 9.52. The summed E-state index contributed by atoms with van der Waals surface area (Å²) in [4.78, 5) is 0. The molecule has 5 heteroatoms. The molecule has 0 aromatic heterocycles. The molecule has 0 amide bonds. The van der Waals surface area contributed by atoms with Gasteiger partial charge in [0, 0.05) is 6.32 Å². The van der Waals surface area contributed by atoms with Gasteiger partial charge in [0.15, 0.2) is 0 Å². The zero-order valence-electron chi connectivity index (χ0n) is 6.79. The molecule has 0 aliphatic carbocycles. The fourth-order valence-corrected chi connectivity index (χ4v) is 1.58. The van der Waals surface area contributed by atoms with E-state index in [9.17, 15) is 4.39 Å². The van der Waals surface area contributed by atoms with Gasteiger partial charge in [0.1, 0.15) is 5.67 Å². The van der Waals surface area contributed by atoms with Gasteiger partial charge in [-0.15, -0.1) is 0 Å². The van der Waals surface area contributed by atoms with Gasteiger partial charge < -0.3 is 9.76 Å². The molecule has 1 aliphatic heterocycles. The number of hydrogen-bond donors (Lipinski definition) is 1. The van der Waals surface area contributed by atoms with Gasteiger partial charge in [-0.05, 0) is 12.7 Å². The highest BCUT2D eigenvalue weighted by Gasteiger charge is 2.39. The van der Waals surface area contributed by atoms with Crippen molar-refractivity contribution in [2.75, 3.05) is 6.61 Å². The monoisotopic (exact) mass is 171 g/mol. The molecule has 0 bridgehead atoms.